The van der Waals surface area contributed by atoms with Gasteiger partial charge in [0.25, 0.3) is 5.91 Å². The SMILES string of the molecule is CC1COCC(C)N1C(=O)c1cccc(Cl)c1. The van der Waals surface area contributed by atoms with Crippen molar-refractivity contribution in [1.29, 1.82) is 0 Å². The van der Waals surface area contributed by atoms with Gasteiger partial charge in [-0.25, -0.2) is 0 Å². The summed E-state index contributed by atoms with van der Waals surface area (Å²) < 4.78 is 5.41. The lowest BCUT2D eigenvalue weighted by atomic mass is 10.1. The number of nitrogens with zero attached hydrogens (tertiary/aromatic N) is 1. The third-order valence-electron chi connectivity index (χ3n) is 2.97. The Labute approximate surface area is 106 Å². The Balaban J connectivity index is 2.24. The number of halogens is 1. The van der Waals surface area contributed by atoms with Crippen molar-refractivity contribution in [3.05, 3.63) is 34.9 Å². The fraction of sp³-hybridized carbons (Fsp3) is 0.462. The number of hydrogen-bond acceptors (Lipinski definition) is 2. The highest BCUT2D eigenvalue weighted by molar-refractivity contribution is 6.30. The topological polar surface area (TPSA) is 29.5 Å². The second-order valence-electron chi connectivity index (χ2n) is 4.46. The van der Waals surface area contributed by atoms with Gasteiger partial charge in [0.05, 0.1) is 25.3 Å². The van der Waals surface area contributed by atoms with Crippen molar-refractivity contribution < 1.29 is 9.53 Å². The monoisotopic (exact) mass is 253 g/mol. The summed E-state index contributed by atoms with van der Waals surface area (Å²) in [6.45, 7) is 5.18. The zero-order valence-corrected chi connectivity index (χ0v) is 10.8. The zero-order valence-electron chi connectivity index (χ0n) is 10.0. The molecule has 0 saturated carbocycles. The molecule has 1 aromatic carbocycles. The van der Waals surface area contributed by atoms with Crippen LogP contribution in [-0.2, 0) is 4.74 Å². The number of ether oxygens (including phenoxy) is 1. The fourth-order valence-electron chi connectivity index (χ4n) is 2.18. The maximum absolute atomic E-state index is 12.4. The molecule has 4 heteroatoms. The molecule has 1 amide bonds. The smallest absolute Gasteiger partial charge is 0.254 e. The molecule has 2 rings (SSSR count). The summed E-state index contributed by atoms with van der Waals surface area (Å²) in [6, 6.07) is 7.27. The highest BCUT2D eigenvalue weighted by Gasteiger charge is 2.30. The van der Waals surface area contributed by atoms with E-state index < -0.39 is 0 Å². The number of carbonyl (C=O) groups excluding carboxylic acids is 1. The highest BCUT2D eigenvalue weighted by atomic mass is 35.5. The van der Waals surface area contributed by atoms with Crippen molar-refractivity contribution in [1.82, 2.24) is 4.90 Å². The molecule has 3 nitrogen and oxygen atoms in total. The van der Waals surface area contributed by atoms with E-state index in [0.29, 0.717) is 23.8 Å². The van der Waals surface area contributed by atoms with Gasteiger partial charge in [0.2, 0.25) is 0 Å². The minimum atomic E-state index is 0.0239. The summed E-state index contributed by atoms with van der Waals surface area (Å²) in [4.78, 5) is 14.3. The maximum atomic E-state index is 12.4. The van der Waals surface area contributed by atoms with E-state index in [1.54, 1.807) is 24.3 Å². The molecule has 1 heterocycles. The molecule has 0 spiro atoms. The van der Waals surface area contributed by atoms with Crippen LogP contribution in [0, 0.1) is 0 Å². The Morgan fingerprint density at radius 2 is 2.00 bits per heavy atom. The second-order valence-corrected chi connectivity index (χ2v) is 4.89. The van der Waals surface area contributed by atoms with Crippen molar-refractivity contribution >= 4 is 17.5 Å². The van der Waals surface area contributed by atoms with Crippen LogP contribution < -0.4 is 0 Å². The molecule has 2 unspecified atom stereocenters. The van der Waals surface area contributed by atoms with E-state index in [1.165, 1.54) is 0 Å². The van der Waals surface area contributed by atoms with E-state index in [9.17, 15) is 4.79 Å². The Kier molecular flexibility index (Phi) is 3.69. The van der Waals surface area contributed by atoms with Crippen molar-refractivity contribution in [2.45, 2.75) is 25.9 Å². The second kappa shape index (κ2) is 5.07. The average molecular weight is 254 g/mol. The van der Waals surface area contributed by atoms with E-state index in [1.807, 2.05) is 18.7 Å². The lowest BCUT2D eigenvalue weighted by Gasteiger charge is -2.38. The predicted molar refractivity (Wildman–Crippen MR) is 67.4 cm³/mol. The van der Waals surface area contributed by atoms with Crippen LogP contribution in [-0.4, -0.2) is 36.1 Å². The molecule has 0 aliphatic carbocycles. The van der Waals surface area contributed by atoms with Gasteiger partial charge in [0.15, 0.2) is 0 Å². The normalized spacial score (nSPS) is 24.8. The quantitative estimate of drug-likeness (QED) is 0.770. The molecule has 1 aliphatic rings. The Morgan fingerprint density at radius 1 is 1.35 bits per heavy atom. The van der Waals surface area contributed by atoms with Gasteiger partial charge in [-0.2, -0.15) is 0 Å². The standard InChI is InChI=1S/C13H16ClNO2/c1-9-7-17-8-10(2)15(9)13(16)11-4-3-5-12(14)6-11/h3-6,9-10H,7-8H2,1-2H3. The van der Waals surface area contributed by atoms with Gasteiger partial charge < -0.3 is 9.64 Å². The summed E-state index contributed by atoms with van der Waals surface area (Å²) in [5, 5.41) is 0.587. The molecule has 92 valence electrons. The number of amides is 1. The first kappa shape index (κ1) is 12.4. The number of rotatable bonds is 1. The summed E-state index contributed by atoms with van der Waals surface area (Å²) in [6.07, 6.45) is 0. The first-order chi connectivity index (χ1) is 8.09. The van der Waals surface area contributed by atoms with E-state index in [2.05, 4.69) is 0 Å². The number of hydrogen-bond donors (Lipinski definition) is 0. The van der Waals surface area contributed by atoms with Crippen LogP contribution in [0.25, 0.3) is 0 Å². The van der Waals surface area contributed by atoms with Crippen molar-refractivity contribution in [3.63, 3.8) is 0 Å². The summed E-state index contributed by atoms with van der Waals surface area (Å²) in [5.74, 6) is 0.0239. The van der Waals surface area contributed by atoms with Crippen molar-refractivity contribution in [2.24, 2.45) is 0 Å². The average Bonchev–Trinajstić information content (AvgIpc) is 2.28. The van der Waals surface area contributed by atoms with Gasteiger partial charge >= 0.3 is 0 Å². The molecule has 1 saturated heterocycles. The molecular formula is C13H16ClNO2. The summed E-state index contributed by atoms with van der Waals surface area (Å²) >= 11 is 5.91. The molecule has 0 bridgehead atoms. The summed E-state index contributed by atoms with van der Waals surface area (Å²) in [5.41, 5.74) is 0.637. The molecule has 1 aliphatic heterocycles. The number of benzene rings is 1. The summed E-state index contributed by atoms with van der Waals surface area (Å²) in [7, 11) is 0. The first-order valence-electron chi connectivity index (χ1n) is 5.75. The van der Waals surface area contributed by atoms with Gasteiger partial charge in [0, 0.05) is 10.6 Å². The van der Waals surface area contributed by atoms with E-state index >= 15 is 0 Å². The molecule has 1 fully saturated rings. The van der Waals surface area contributed by atoms with Crippen LogP contribution in [0.5, 0.6) is 0 Å². The molecular weight excluding hydrogens is 238 g/mol. The number of morpholine rings is 1. The first-order valence-corrected chi connectivity index (χ1v) is 6.13. The van der Waals surface area contributed by atoms with Gasteiger partial charge in [-0.05, 0) is 32.0 Å². The predicted octanol–water partition coefficient (Wildman–Crippen LogP) is 2.59. The van der Waals surface area contributed by atoms with E-state index in [-0.39, 0.29) is 18.0 Å². The van der Waals surface area contributed by atoms with Crippen LogP contribution in [0.4, 0.5) is 0 Å². The van der Waals surface area contributed by atoms with Crippen molar-refractivity contribution in [2.75, 3.05) is 13.2 Å². The Hall–Kier alpha value is -1.06. The van der Waals surface area contributed by atoms with Gasteiger partial charge in [-0.1, -0.05) is 17.7 Å². The zero-order chi connectivity index (χ0) is 12.4. The van der Waals surface area contributed by atoms with E-state index in [4.69, 9.17) is 16.3 Å². The third kappa shape index (κ3) is 2.61. The molecule has 17 heavy (non-hydrogen) atoms. The lowest BCUT2D eigenvalue weighted by Crippen LogP contribution is -2.52. The fourth-order valence-corrected chi connectivity index (χ4v) is 2.37. The van der Waals surface area contributed by atoms with Gasteiger partial charge in [-0.3, -0.25) is 4.79 Å². The lowest BCUT2D eigenvalue weighted by molar-refractivity contribution is -0.0249. The minimum absolute atomic E-state index is 0.0239. The molecule has 1 aromatic rings. The van der Waals surface area contributed by atoms with Crippen LogP contribution in [0.2, 0.25) is 5.02 Å². The highest BCUT2D eigenvalue weighted by Crippen LogP contribution is 2.19. The molecule has 0 N–H and O–H groups in total. The Bertz CT molecular complexity index is 412. The minimum Gasteiger partial charge on any atom is -0.377 e. The third-order valence-corrected chi connectivity index (χ3v) is 3.21. The molecule has 2 atom stereocenters. The van der Waals surface area contributed by atoms with Crippen LogP contribution in [0.15, 0.2) is 24.3 Å². The molecule has 0 aromatic heterocycles. The number of carbonyl (C=O) groups is 1. The molecule has 0 radical (unpaired) electrons. The largest absolute Gasteiger partial charge is 0.377 e. The van der Waals surface area contributed by atoms with Crippen LogP contribution >= 0.6 is 11.6 Å². The van der Waals surface area contributed by atoms with Crippen LogP contribution in [0.3, 0.4) is 0 Å². The maximum Gasteiger partial charge on any atom is 0.254 e. The van der Waals surface area contributed by atoms with Gasteiger partial charge in [0.1, 0.15) is 0 Å². The van der Waals surface area contributed by atoms with Crippen molar-refractivity contribution in [3.8, 4) is 0 Å². The van der Waals surface area contributed by atoms with E-state index in [0.717, 1.165) is 0 Å². The van der Waals surface area contributed by atoms with Crippen LogP contribution in [0.1, 0.15) is 24.2 Å². The van der Waals surface area contributed by atoms with Gasteiger partial charge in [-0.15, -0.1) is 0 Å². The Morgan fingerprint density at radius 3 is 2.59 bits per heavy atom.